The van der Waals surface area contributed by atoms with Crippen LogP contribution in [0.3, 0.4) is 0 Å². The molecule has 0 spiro atoms. The molecule has 0 unspecified atom stereocenters. The third-order valence-electron chi connectivity index (χ3n) is 2.77. The van der Waals surface area contributed by atoms with E-state index in [0.717, 1.165) is 5.01 Å². The standard InChI is InChI=1S/C10H13NO3S2/c1-7(12)9-6-11-10(15-9)8-2-4-16(13,14)5-3-8/h6,8H,2-5H2,1H3. The number of aromatic nitrogens is 1. The number of thiazole rings is 1. The van der Waals surface area contributed by atoms with Crippen molar-refractivity contribution in [1.82, 2.24) is 4.98 Å². The Hall–Kier alpha value is -0.750. The first-order valence-electron chi connectivity index (χ1n) is 5.15. The van der Waals surface area contributed by atoms with Crippen LogP contribution in [-0.4, -0.2) is 30.7 Å². The fraction of sp³-hybridized carbons (Fsp3) is 0.600. The van der Waals surface area contributed by atoms with Gasteiger partial charge in [0.05, 0.1) is 21.4 Å². The number of hydrogen-bond donors (Lipinski definition) is 0. The molecule has 1 aliphatic heterocycles. The van der Waals surface area contributed by atoms with E-state index in [4.69, 9.17) is 0 Å². The fourth-order valence-electron chi connectivity index (χ4n) is 1.78. The van der Waals surface area contributed by atoms with Crippen LogP contribution in [0.2, 0.25) is 0 Å². The molecule has 88 valence electrons. The summed E-state index contributed by atoms with van der Waals surface area (Å²) in [7, 11) is -2.82. The van der Waals surface area contributed by atoms with Gasteiger partial charge < -0.3 is 0 Å². The lowest BCUT2D eigenvalue weighted by molar-refractivity contribution is 0.102. The van der Waals surface area contributed by atoms with Gasteiger partial charge in [0.15, 0.2) is 5.78 Å². The maximum absolute atomic E-state index is 11.3. The molecule has 1 aliphatic rings. The minimum Gasteiger partial charge on any atom is -0.294 e. The average Bonchev–Trinajstić information content (AvgIpc) is 2.66. The number of ketones is 1. The second kappa shape index (κ2) is 4.25. The fourth-order valence-corrected chi connectivity index (χ4v) is 4.25. The maximum Gasteiger partial charge on any atom is 0.171 e. The van der Waals surface area contributed by atoms with E-state index in [1.807, 2.05) is 0 Å². The molecule has 0 bridgehead atoms. The molecule has 0 atom stereocenters. The second-order valence-corrected chi connectivity index (χ2v) is 7.41. The lowest BCUT2D eigenvalue weighted by atomic mass is 10.0. The highest BCUT2D eigenvalue weighted by Crippen LogP contribution is 2.31. The normalized spacial score (nSPS) is 20.8. The molecule has 0 saturated carbocycles. The molecule has 2 rings (SSSR count). The number of carbonyl (C=O) groups is 1. The molecule has 0 amide bonds. The zero-order chi connectivity index (χ0) is 11.8. The molecule has 1 aromatic heterocycles. The highest BCUT2D eigenvalue weighted by atomic mass is 32.2. The highest BCUT2D eigenvalue weighted by molar-refractivity contribution is 7.91. The lowest BCUT2D eigenvalue weighted by Gasteiger charge is -2.19. The Morgan fingerprint density at radius 1 is 1.44 bits per heavy atom. The van der Waals surface area contributed by atoms with Gasteiger partial charge in [0.2, 0.25) is 0 Å². The zero-order valence-corrected chi connectivity index (χ0v) is 10.6. The summed E-state index contributed by atoms with van der Waals surface area (Å²) in [6, 6.07) is 0. The third-order valence-corrected chi connectivity index (χ3v) is 5.75. The molecule has 16 heavy (non-hydrogen) atoms. The summed E-state index contributed by atoms with van der Waals surface area (Å²) < 4.78 is 22.5. The minimum absolute atomic E-state index is 0.0205. The van der Waals surface area contributed by atoms with Gasteiger partial charge in [0, 0.05) is 19.0 Å². The van der Waals surface area contributed by atoms with E-state index in [1.54, 1.807) is 6.20 Å². The van der Waals surface area contributed by atoms with E-state index in [9.17, 15) is 13.2 Å². The predicted octanol–water partition coefficient (Wildman–Crippen LogP) is 1.64. The van der Waals surface area contributed by atoms with Crippen LogP contribution in [0.25, 0.3) is 0 Å². The molecule has 6 heteroatoms. The van der Waals surface area contributed by atoms with Gasteiger partial charge in [-0.1, -0.05) is 0 Å². The third kappa shape index (κ3) is 2.49. The summed E-state index contributed by atoms with van der Waals surface area (Å²) in [4.78, 5) is 16.0. The Labute approximate surface area is 98.6 Å². The van der Waals surface area contributed by atoms with E-state index in [-0.39, 0.29) is 23.2 Å². The van der Waals surface area contributed by atoms with Gasteiger partial charge in [0.25, 0.3) is 0 Å². The SMILES string of the molecule is CC(=O)c1cnc(C2CCS(=O)(=O)CC2)s1. The average molecular weight is 259 g/mol. The molecule has 0 N–H and O–H groups in total. The molecular formula is C10H13NO3S2. The van der Waals surface area contributed by atoms with Crippen molar-refractivity contribution in [2.24, 2.45) is 0 Å². The van der Waals surface area contributed by atoms with E-state index >= 15 is 0 Å². The van der Waals surface area contributed by atoms with Crippen molar-refractivity contribution in [3.8, 4) is 0 Å². The first-order chi connectivity index (χ1) is 7.48. The van der Waals surface area contributed by atoms with Crippen LogP contribution >= 0.6 is 11.3 Å². The Morgan fingerprint density at radius 2 is 2.06 bits per heavy atom. The Bertz CT molecular complexity index is 490. The first-order valence-corrected chi connectivity index (χ1v) is 7.79. The Morgan fingerprint density at radius 3 is 2.56 bits per heavy atom. The topological polar surface area (TPSA) is 64.1 Å². The van der Waals surface area contributed by atoms with Gasteiger partial charge in [-0.2, -0.15) is 0 Å². The summed E-state index contributed by atoms with van der Waals surface area (Å²) in [6.45, 7) is 1.52. The highest BCUT2D eigenvalue weighted by Gasteiger charge is 2.26. The summed E-state index contributed by atoms with van der Waals surface area (Å²) in [5, 5.41) is 0.903. The van der Waals surface area contributed by atoms with E-state index < -0.39 is 9.84 Å². The molecule has 2 heterocycles. The summed E-state index contributed by atoms with van der Waals surface area (Å²) >= 11 is 1.39. The van der Waals surface area contributed by atoms with Crippen molar-refractivity contribution in [1.29, 1.82) is 0 Å². The number of rotatable bonds is 2. The quantitative estimate of drug-likeness (QED) is 0.757. The number of Topliss-reactive ketones (excluding diaryl/α,β-unsaturated/α-hetero) is 1. The van der Waals surface area contributed by atoms with Gasteiger partial charge in [-0.3, -0.25) is 4.79 Å². The molecular weight excluding hydrogens is 246 g/mol. The summed E-state index contributed by atoms with van der Waals surface area (Å²) in [6.07, 6.45) is 2.85. The number of hydrogen-bond acceptors (Lipinski definition) is 5. The number of sulfone groups is 1. The van der Waals surface area contributed by atoms with Crippen molar-refractivity contribution < 1.29 is 13.2 Å². The van der Waals surface area contributed by atoms with Gasteiger partial charge in [-0.15, -0.1) is 11.3 Å². The van der Waals surface area contributed by atoms with Crippen molar-refractivity contribution in [3.63, 3.8) is 0 Å². The van der Waals surface area contributed by atoms with Crippen LogP contribution in [0.15, 0.2) is 6.20 Å². The molecule has 0 radical (unpaired) electrons. The number of carbonyl (C=O) groups excluding carboxylic acids is 1. The largest absolute Gasteiger partial charge is 0.294 e. The molecule has 1 saturated heterocycles. The Balaban J connectivity index is 2.11. The molecule has 0 aromatic carbocycles. The van der Waals surface area contributed by atoms with Crippen LogP contribution in [-0.2, 0) is 9.84 Å². The van der Waals surface area contributed by atoms with Crippen molar-refractivity contribution in [2.45, 2.75) is 25.7 Å². The van der Waals surface area contributed by atoms with Gasteiger partial charge >= 0.3 is 0 Å². The second-order valence-electron chi connectivity index (χ2n) is 4.05. The smallest absolute Gasteiger partial charge is 0.171 e. The maximum atomic E-state index is 11.3. The summed E-state index contributed by atoms with van der Waals surface area (Å²) in [5.74, 6) is 0.716. The molecule has 1 fully saturated rings. The molecule has 1 aromatic rings. The summed E-state index contributed by atoms with van der Waals surface area (Å²) in [5.41, 5.74) is 0. The monoisotopic (exact) mass is 259 g/mol. The molecule has 0 aliphatic carbocycles. The van der Waals surface area contributed by atoms with Crippen LogP contribution in [0.4, 0.5) is 0 Å². The van der Waals surface area contributed by atoms with E-state index in [1.165, 1.54) is 18.3 Å². The van der Waals surface area contributed by atoms with Gasteiger partial charge in [-0.25, -0.2) is 13.4 Å². The van der Waals surface area contributed by atoms with E-state index in [0.29, 0.717) is 17.7 Å². The van der Waals surface area contributed by atoms with Crippen molar-refractivity contribution >= 4 is 27.0 Å². The zero-order valence-electron chi connectivity index (χ0n) is 8.97. The van der Waals surface area contributed by atoms with Gasteiger partial charge in [-0.05, 0) is 12.8 Å². The predicted molar refractivity (Wildman–Crippen MR) is 62.7 cm³/mol. The van der Waals surface area contributed by atoms with E-state index in [2.05, 4.69) is 4.98 Å². The Kier molecular flexibility index (Phi) is 3.12. The first kappa shape index (κ1) is 11.7. The van der Waals surface area contributed by atoms with Crippen LogP contribution < -0.4 is 0 Å². The van der Waals surface area contributed by atoms with Crippen LogP contribution in [0, 0.1) is 0 Å². The van der Waals surface area contributed by atoms with Crippen molar-refractivity contribution in [2.75, 3.05) is 11.5 Å². The minimum atomic E-state index is -2.82. The van der Waals surface area contributed by atoms with Gasteiger partial charge in [0.1, 0.15) is 9.84 Å². The number of nitrogens with zero attached hydrogens (tertiary/aromatic N) is 1. The van der Waals surface area contributed by atoms with Crippen LogP contribution in [0.1, 0.15) is 40.4 Å². The lowest BCUT2D eigenvalue weighted by Crippen LogP contribution is -2.21. The molecule has 4 nitrogen and oxygen atoms in total. The van der Waals surface area contributed by atoms with Crippen molar-refractivity contribution in [3.05, 3.63) is 16.1 Å². The van der Waals surface area contributed by atoms with Crippen LogP contribution in [0.5, 0.6) is 0 Å².